The van der Waals surface area contributed by atoms with Gasteiger partial charge in [-0.1, -0.05) is 46.9 Å². The van der Waals surface area contributed by atoms with Crippen molar-refractivity contribution in [3.8, 4) is 0 Å². The minimum atomic E-state index is -0.453. The lowest BCUT2D eigenvalue weighted by Crippen LogP contribution is -2.14. The zero-order valence-electron chi connectivity index (χ0n) is 12.1. The van der Waals surface area contributed by atoms with Crippen LogP contribution in [-0.2, 0) is 6.42 Å². The Kier molecular flexibility index (Phi) is 5.36. The Morgan fingerprint density at radius 2 is 2.00 bits per heavy atom. The van der Waals surface area contributed by atoms with E-state index in [4.69, 9.17) is 34.8 Å². The van der Waals surface area contributed by atoms with Gasteiger partial charge in [-0.3, -0.25) is 10.1 Å². The second-order valence-electron chi connectivity index (χ2n) is 4.86. The zero-order valence-corrected chi connectivity index (χ0v) is 15.2. The molecule has 0 aliphatic rings. The minimum absolute atomic E-state index is 0.0655. The van der Waals surface area contributed by atoms with Crippen LogP contribution in [0.1, 0.15) is 20.9 Å². The fourth-order valence-corrected chi connectivity index (χ4v) is 3.42. The first-order valence-electron chi connectivity index (χ1n) is 6.84. The maximum Gasteiger partial charge on any atom is 0.277 e. The van der Waals surface area contributed by atoms with Crippen molar-refractivity contribution in [2.45, 2.75) is 6.42 Å². The van der Waals surface area contributed by atoms with Crippen molar-refractivity contribution in [2.24, 2.45) is 0 Å². The minimum Gasteiger partial charge on any atom is -0.296 e. The van der Waals surface area contributed by atoms with Crippen LogP contribution in [0.5, 0.6) is 0 Å². The number of carbonyl (C=O) groups is 1. The average Bonchev–Trinajstić information content (AvgIpc) is 2.96. The summed E-state index contributed by atoms with van der Waals surface area (Å²) in [5, 5.41) is 4.26. The molecule has 0 spiro atoms. The summed E-state index contributed by atoms with van der Waals surface area (Å²) in [6, 6.07) is 10.7. The third-order valence-corrected chi connectivity index (χ3v) is 4.73. The van der Waals surface area contributed by atoms with Crippen LogP contribution in [0, 0.1) is 0 Å². The molecule has 2 heterocycles. The monoisotopic (exact) mass is 397 g/mol. The van der Waals surface area contributed by atoms with E-state index in [1.165, 1.54) is 23.5 Å². The highest BCUT2D eigenvalue weighted by Crippen LogP contribution is 2.24. The van der Waals surface area contributed by atoms with Gasteiger partial charge in [-0.2, -0.15) is 0 Å². The molecule has 0 bridgehead atoms. The Hall–Kier alpha value is -1.66. The Balaban J connectivity index is 1.72. The summed E-state index contributed by atoms with van der Waals surface area (Å²) < 4.78 is 0. The molecular formula is C16H10Cl3N3OS. The fourth-order valence-electron chi connectivity index (χ4n) is 2.03. The number of nitrogens with one attached hydrogen (secondary N) is 1. The van der Waals surface area contributed by atoms with Gasteiger partial charge in [0, 0.05) is 22.5 Å². The zero-order chi connectivity index (χ0) is 17.1. The van der Waals surface area contributed by atoms with E-state index < -0.39 is 5.91 Å². The van der Waals surface area contributed by atoms with Crippen molar-refractivity contribution in [1.82, 2.24) is 9.97 Å². The molecule has 24 heavy (non-hydrogen) atoms. The van der Waals surface area contributed by atoms with Gasteiger partial charge in [0.1, 0.15) is 10.8 Å². The van der Waals surface area contributed by atoms with Gasteiger partial charge < -0.3 is 0 Å². The van der Waals surface area contributed by atoms with Crippen molar-refractivity contribution in [3.63, 3.8) is 0 Å². The Morgan fingerprint density at radius 3 is 2.79 bits per heavy atom. The van der Waals surface area contributed by atoms with Gasteiger partial charge in [-0.25, -0.2) is 9.97 Å². The Bertz CT molecular complexity index is 898. The van der Waals surface area contributed by atoms with E-state index in [0.29, 0.717) is 16.6 Å². The third kappa shape index (κ3) is 4.24. The number of carbonyl (C=O) groups excluding carboxylic acids is 1. The number of nitrogens with zero attached hydrogens (tertiary/aromatic N) is 2. The molecule has 122 valence electrons. The molecule has 3 rings (SSSR count). The number of pyridine rings is 1. The van der Waals surface area contributed by atoms with Gasteiger partial charge in [0.25, 0.3) is 5.91 Å². The second kappa shape index (κ2) is 7.49. The molecule has 0 aliphatic heterocycles. The molecule has 0 saturated carbocycles. The highest BCUT2D eigenvalue weighted by Gasteiger charge is 2.15. The molecule has 3 aromatic rings. The number of aromatic nitrogens is 2. The molecule has 8 heteroatoms. The summed E-state index contributed by atoms with van der Waals surface area (Å²) in [4.78, 5) is 21.4. The van der Waals surface area contributed by atoms with Gasteiger partial charge >= 0.3 is 0 Å². The van der Waals surface area contributed by atoms with Crippen LogP contribution in [0.2, 0.25) is 15.2 Å². The summed E-state index contributed by atoms with van der Waals surface area (Å²) in [5.41, 5.74) is 1.14. The van der Waals surface area contributed by atoms with E-state index in [-0.39, 0.29) is 15.9 Å². The van der Waals surface area contributed by atoms with Crippen molar-refractivity contribution in [2.75, 3.05) is 5.32 Å². The first-order valence-corrected chi connectivity index (χ1v) is 8.79. The first kappa shape index (κ1) is 17.2. The highest BCUT2D eigenvalue weighted by atomic mass is 35.5. The standard InChI is InChI=1S/C16H10Cl3N3OS/c17-10-3-1-2-9(6-10)7-11-8-20-16(24-11)22-15(23)14-12(18)4-5-13(19)21-14/h1-6,8H,7H2,(H,20,22,23). The lowest BCUT2D eigenvalue weighted by molar-refractivity contribution is 0.102. The van der Waals surface area contributed by atoms with Crippen LogP contribution in [0.15, 0.2) is 42.6 Å². The number of hydrogen-bond acceptors (Lipinski definition) is 4. The Labute approximate surface area is 157 Å². The van der Waals surface area contributed by atoms with Crippen LogP contribution in [0.3, 0.4) is 0 Å². The molecule has 1 N–H and O–H groups in total. The van der Waals surface area contributed by atoms with E-state index in [1.807, 2.05) is 24.3 Å². The van der Waals surface area contributed by atoms with Crippen molar-refractivity contribution in [1.29, 1.82) is 0 Å². The number of hydrogen-bond donors (Lipinski definition) is 1. The van der Waals surface area contributed by atoms with Gasteiger partial charge in [-0.05, 0) is 29.8 Å². The Morgan fingerprint density at radius 1 is 1.17 bits per heavy atom. The van der Waals surface area contributed by atoms with Crippen LogP contribution < -0.4 is 5.32 Å². The quantitative estimate of drug-likeness (QED) is 0.603. The largest absolute Gasteiger partial charge is 0.296 e. The maximum atomic E-state index is 12.2. The van der Waals surface area contributed by atoms with E-state index >= 15 is 0 Å². The van der Waals surface area contributed by atoms with Crippen LogP contribution >= 0.6 is 46.1 Å². The molecule has 0 radical (unpaired) electrons. The van der Waals surface area contributed by atoms with Crippen molar-refractivity contribution >= 4 is 57.2 Å². The average molecular weight is 399 g/mol. The third-order valence-electron chi connectivity index (χ3n) is 3.07. The van der Waals surface area contributed by atoms with Crippen molar-refractivity contribution in [3.05, 3.63) is 73.9 Å². The van der Waals surface area contributed by atoms with Gasteiger partial charge in [0.05, 0.1) is 5.02 Å². The molecule has 0 saturated heterocycles. The molecular weight excluding hydrogens is 389 g/mol. The first-order chi connectivity index (χ1) is 11.5. The van der Waals surface area contributed by atoms with Crippen LogP contribution in [0.25, 0.3) is 0 Å². The van der Waals surface area contributed by atoms with Crippen LogP contribution in [0.4, 0.5) is 5.13 Å². The summed E-state index contributed by atoms with van der Waals surface area (Å²) in [7, 11) is 0. The van der Waals surface area contributed by atoms with Gasteiger partial charge in [-0.15, -0.1) is 11.3 Å². The molecule has 0 atom stereocenters. The smallest absolute Gasteiger partial charge is 0.277 e. The molecule has 4 nitrogen and oxygen atoms in total. The molecule has 0 unspecified atom stereocenters. The summed E-state index contributed by atoms with van der Waals surface area (Å²) in [6.07, 6.45) is 2.40. The molecule has 0 aliphatic carbocycles. The lowest BCUT2D eigenvalue weighted by atomic mass is 10.1. The van der Waals surface area contributed by atoms with E-state index in [9.17, 15) is 4.79 Å². The highest BCUT2D eigenvalue weighted by molar-refractivity contribution is 7.15. The van der Waals surface area contributed by atoms with E-state index in [0.717, 1.165) is 10.4 Å². The summed E-state index contributed by atoms with van der Waals surface area (Å²) in [5.74, 6) is -0.453. The van der Waals surface area contributed by atoms with Crippen molar-refractivity contribution < 1.29 is 4.79 Å². The second-order valence-corrected chi connectivity index (χ2v) is 7.20. The number of amides is 1. The van der Waals surface area contributed by atoms with E-state index in [2.05, 4.69) is 15.3 Å². The summed E-state index contributed by atoms with van der Waals surface area (Å²) in [6.45, 7) is 0. The molecule has 0 fully saturated rings. The summed E-state index contributed by atoms with van der Waals surface area (Å²) >= 11 is 19.1. The fraction of sp³-hybridized carbons (Fsp3) is 0.0625. The predicted molar refractivity (Wildman–Crippen MR) is 98.6 cm³/mol. The van der Waals surface area contributed by atoms with Crippen LogP contribution in [-0.4, -0.2) is 15.9 Å². The normalized spacial score (nSPS) is 10.6. The molecule has 1 aromatic carbocycles. The SMILES string of the molecule is O=C(Nc1ncc(Cc2cccc(Cl)c2)s1)c1nc(Cl)ccc1Cl. The number of halogens is 3. The topological polar surface area (TPSA) is 54.9 Å². The predicted octanol–water partition coefficient (Wildman–Crippen LogP) is 5.34. The number of rotatable bonds is 4. The molecule has 1 amide bonds. The van der Waals surface area contributed by atoms with Gasteiger partial charge in [0.15, 0.2) is 5.13 Å². The van der Waals surface area contributed by atoms with E-state index in [1.54, 1.807) is 6.20 Å². The lowest BCUT2D eigenvalue weighted by Gasteiger charge is -2.03. The van der Waals surface area contributed by atoms with Gasteiger partial charge in [0.2, 0.25) is 0 Å². The number of anilines is 1. The number of thiazole rings is 1. The number of benzene rings is 1. The maximum absolute atomic E-state index is 12.2. The molecule has 2 aromatic heterocycles.